The van der Waals surface area contributed by atoms with Crippen LogP contribution >= 0.6 is 0 Å². The Morgan fingerprint density at radius 2 is 2.14 bits per heavy atom. The number of aryl methyl sites for hydroxylation is 1. The van der Waals surface area contributed by atoms with Crippen molar-refractivity contribution < 1.29 is 9.78 Å². The smallest absolute Gasteiger partial charge is 0.248 e. The summed E-state index contributed by atoms with van der Waals surface area (Å²) in [5.74, 6) is -0.393. The van der Waals surface area contributed by atoms with Crippen LogP contribution in [0.3, 0.4) is 0 Å². The molecule has 1 amide bonds. The predicted octanol–water partition coefficient (Wildman–Crippen LogP) is 1.06. The van der Waals surface area contributed by atoms with Crippen LogP contribution in [0.5, 0.6) is 0 Å². The van der Waals surface area contributed by atoms with E-state index in [1.54, 1.807) is 6.07 Å². The number of rotatable bonds is 1. The lowest BCUT2D eigenvalue weighted by Gasteiger charge is -1.98. The van der Waals surface area contributed by atoms with Gasteiger partial charge in [0.1, 0.15) is 0 Å². The Hall–Kier alpha value is -1.90. The third kappa shape index (κ3) is 1.33. The fourth-order valence-electron chi connectivity index (χ4n) is 1.50. The maximum absolute atomic E-state index is 11.0. The highest BCUT2D eigenvalue weighted by molar-refractivity contribution is 5.96. The lowest BCUT2D eigenvalue weighted by Crippen LogP contribution is -2.11. The van der Waals surface area contributed by atoms with Crippen LogP contribution in [0.4, 0.5) is 0 Å². The van der Waals surface area contributed by atoms with Gasteiger partial charge in [-0.25, -0.2) is 4.98 Å². The molecule has 0 aliphatic heterocycles. The second kappa shape index (κ2) is 3.10. The number of benzene rings is 1. The highest BCUT2D eigenvalue weighted by atomic mass is 16.1. The van der Waals surface area contributed by atoms with Gasteiger partial charge in [0.2, 0.25) is 11.4 Å². The fraction of sp³-hybridized carbons (Fsp3) is 0.0909. The Morgan fingerprint density at radius 1 is 1.36 bits per heavy atom. The van der Waals surface area contributed by atoms with E-state index in [0.29, 0.717) is 5.56 Å². The van der Waals surface area contributed by atoms with Crippen molar-refractivity contribution in [3.63, 3.8) is 0 Å². The Balaban J connectivity index is 2.76. The number of hydrogen-bond acceptors (Lipinski definition) is 1. The molecule has 0 saturated carbocycles. The number of nitrogens with one attached hydrogen (secondary N) is 1. The van der Waals surface area contributed by atoms with Crippen molar-refractivity contribution in [2.45, 2.75) is 6.92 Å². The first-order valence-electron chi connectivity index (χ1n) is 4.39. The van der Waals surface area contributed by atoms with E-state index >= 15 is 0 Å². The van der Waals surface area contributed by atoms with Crippen LogP contribution in [0, 0.1) is 6.92 Å². The standard InChI is InChI=1S/C11H10N2O/c1-7-4-5-13-10-3-2-8(11(12)14)6-9(7)10/h2-6H,1H3,(H2,12,14)/p+1. The average Bonchev–Trinajstić information content (AvgIpc) is 2.18. The predicted molar refractivity (Wildman–Crippen MR) is 53.8 cm³/mol. The van der Waals surface area contributed by atoms with Crippen LogP contribution in [0.15, 0.2) is 30.5 Å². The number of aromatic nitrogens is 1. The third-order valence-electron chi connectivity index (χ3n) is 2.30. The number of carbonyl (C=O) groups excluding carboxylic acids is 1. The number of fused-ring (bicyclic) bond motifs is 1. The lowest BCUT2D eigenvalue weighted by atomic mass is 10.1. The van der Waals surface area contributed by atoms with E-state index in [2.05, 4.69) is 4.98 Å². The Bertz CT molecular complexity index is 506. The molecule has 1 heterocycles. The van der Waals surface area contributed by atoms with Crippen molar-refractivity contribution in [1.29, 1.82) is 0 Å². The van der Waals surface area contributed by atoms with Gasteiger partial charge in [0.05, 0.1) is 0 Å². The molecule has 0 aliphatic rings. The molecule has 0 spiro atoms. The molecule has 3 heteroatoms. The van der Waals surface area contributed by atoms with E-state index in [1.165, 1.54) is 0 Å². The average molecular weight is 187 g/mol. The third-order valence-corrected chi connectivity index (χ3v) is 2.30. The largest absolute Gasteiger partial charge is 0.366 e. The molecule has 0 fully saturated rings. The number of amides is 1. The number of carbonyl (C=O) groups is 1. The van der Waals surface area contributed by atoms with Crippen molar-refractivity contribution >= 4 is 16.8 Å². The highest BCUT2D eigenvalue weighted by Crippen LogP contribution is 2.15. The quantitative estimate of drug-likeness (QED) is 0.713. The van der Waals surface area contributed by atoms with Crippen molar-refractivity contribution in [2.75, 3.05) is 0 Å². The molecule has 0 unspecified atom stereocenters. The Kier molecular flexibility index (Phi) is 1.93. The van der Waals surface area contributed by atoms with Crippen molar-refractivity contribution in [1.82, 2.24) is 0 Å². The van der Waals surface area contributed by atoms with Crippen LogP contribution in [0.2, 0.25) is 0 Å². The Morgan fingerprint density at radius 3 is 2.86 bits per heavy atom. The number of aromatic amines is 1. The molecule has 1 aromatic carbocycles. The molecular weight excluding hydrogens is 176 g/mol. The van der Waals surface area contributed by atoms with E-state index in [-0.39, 0.29) is 0 Å². The maximum atomic E-state index is 11.0. The molecule has 0 radical (unpaired) electrons. The van der Waals surface area contributed by atoms with Gasteiger partial charge in [-0.05, 0) is 24.6 Å². The molecular formula is C11H11N2O+. The van der Waals surface area contributed by atoms with E-state index in [9.17, 15) is 4.79 Å². The lowest BCUT2D eigenvalue weighted by molar-refractivity contribution is -0.344. The topological polar surface area (TPSA) is 57.2 Å². The van der Waals surface area contributed by atoms with Gasteiger partial charge in [-0.3, -0.25) is 4.79 Å². The molecule has 0 atom stereocenters. The summed E-state index contributed by atoms with van der Waals surface area (Å²) < 4.78 is 0. The minimum atomic E-state index is -0.393. The first-order valence-corrected chi connectivity index (χ1v) is 4.39. The summed E-state index contributed by atoms with van der Waals surface area (Å²) in [6.07, 6.45) is 1.88. The molecule has 2 aromatic rings. The van der Waals surface area contributed by atoms with E-state index in [1.807, 2.05) is 31.3 Å². The molecule has 2 rings (SSSR count). The van der Waals surface area contributed by atoms with Gasteiger partial charge in [0, 0.05) is 23.1 Å². The summed E-state index contributed by atoms with van der Waals surface area (Å²) in [6.45, 7) is 2.00. The first-order chi connectivity index (χ1) is 6.68. The van der Waals surface area contributed by atoms with Gasteiger partial charge >= 0.3 is 0 Å². The molecule has 1 aromatic heterocycles. The summed E-state index contributed by atoms with van der Waals surface area (Å²) in [7, 11) is 0. The van der Waals surface area contributed by atoms with E-state index in [4.69, 9.17) is 5.73 Å². The van der Waals surface area contributed by atoms with Crippen LogP contribution in [0.1, 0.15) is 15.9 Å². The number of nitrogens with two attached hydrogens (primary N) is 1. The van der Waals surface area contributed by atoms with Gasteiger partial charge in [0.15, 0.2) is 6.20 Å². The first kappa shape index (κ1) is 8.69. The zero-order chi connectivity index (χ0) is 10.1. The van der Waals surface area contributed by atoms with Gasteiger partial charge in [0.25, 0.3) is 0 Å². The molecule has 0 aliphatic carbocycles. The number of hydrogen-bond donors (Lipinski definition) is 1. The fourth-order valence-corrected chi connectivity index (χ4v) is 1.50. The summed E-state index contributed by atoms with van der Waals surface area (Å²) in [5, 5.41) is 1.03. The van der Waals surface area contributed by atoms with Crippen LogP contribution in [0.25, 0.3) is 10.9 Å². The van der Waals surface area contributed by atoms with Crippen molar-refractivity contribution in [2.24, 2.45) is 5.73 Å². The Labute approximate surface area is 81.6 Å². The number of pyridine rings is 1. The van der Waals surface area contributed by atoms with Gasteiger partial charge < -0.3 is 5.73 Å². The van der Waals surface area contributed by atoms with Gasteiger partial charge in [-0.1, -0.05) is 0 Å². The van der Waals surface area contributed by atoms with Gasteiger partial charge in [-0.2, -0.15) is 0 Å². The van der Waals surface area contributed by atoms with E-state index < -0.39 is 5.91 Å². The maximum Gasteiger partial charge on any atom is 0.248 e. The molecule has 3 N–H and O–H groups in total. The van der Waals surface area contributed by atoms with Crippen LogP contribution in [-0.2, 0) is 0 Å². The second-order valence-electron chi connectivity index (χ2n) is 3.29. The SMILES string of the molecule is Cc1cc[nH+]c2ccc(C(N)=O)cc12. The van der Waals surface area contributed by atoms with Crippen molar-refractivity contribution in [3.8, 4) is 0 Å². The highest BCUT2D eigenvalue weighted by Gasteiger charge is 2.06. The molecule has 70 valence electrons. The monoisotopic (exact) mass is 187 g/mol. The van der Waals surface area contributed by atoms with Crippen molar-refractivity contribution in [3.05, 3.63) is 41.6 Å². The van der Waals surface area contributed by atoms with E-state index in [0.717, 1.165) is 16.5 Å². The van der Waals surface area contributed by atoms with Crippen LogP contribution in [-0.4, -0.2) is 5.91 Å². The minimum Gasteiger partial charge on any atom is -0.366 e. The summed E-state index contributed by atoms with van der Waals surface area (Å²) in [6, 6.07) is 7.36. The summed E-state index contributed by atoms with van der Waals surface area (Å²) in [5.41, 5.74) is 7.88. The minimum absolute atomic E-state index is 0.393. The summed E-state index contributed by atoms with van der Waals surface area (Å²) >= 11 is 0. The molecule has 0 bridgehead atoms. The van der Waals surface area contributed by atoms with Gasteiger partial charge in [-0.15, -0.1) is 0 Å². The number of primary amides is 1. The summed E-state index contributed by atoms with van der Waals surface area (Å²) in [4.78, 5) is 14.1. The normalized spacial score (nSPS) is 10.4. The van der Waals surface area contributed by atoms with Crippen LogP contribution < -0.4 is 10.7 Å². The molecule has 3 nitrogen and oxygen atoms in total. The zero-order valence-electron chi connectivity index (χ0n) is 7.87. The molecule has 14 heavy (non-hydrogen) atoms. The molecule has 0 saturated heterocycles. The number of H-pyrrole nitrogens is 1. The second-order valence-corrected chi connectivity index (χ2v) is 3.29. The zero-order valence-corrected chi connectivity index (χ0v) is 7.87.